The number of benzene rings is 2. The molecule has 3 saturated heterocycles. The van der Waals surface area contributed by atoms with E-state index in [4.69, 9.17) is 4.74 Å². The van der Waals surface area contributed by atoms with Crippen LogP contribution in [0.5, 0.6) is 5.75 Å². The molecule has 1 N–H and O–H groups in total. The molecule has 3 fully saturated rings. The standard InChI is InChI=1S/C23H20N4O6/c1-33-17-9-8-12(27(31)32)11-16(17)26-20(28)18-15-7-4-10-25(15)23(19(18)21(26)29)13-5-2-3-6-14(13)24-22(23)30/h2-3,5-6,8-9,11,15,18-19H,4,7,10H2,1H3,(H,24,30). The molecule has 4 unspecified atom stereocenters. The predicted octanol–water partition coefficient (Wildman–Crippen LogP) is 2.03. The highest BCUT2D eigenvalue weighted by Crippen LogP contribution is 2.61. The first-order chi connectivity index (χ1) is 15.9. The zero-order valence-corrected chi connectivity index (χ0v) is 17.7. The molecule has 4 aliphatic rings. The molecule has 4 aliphatic heterocycles. The lowest BCUT2D eigenvalue weighted by molar-refractivity contribution is -0.384. The molecule has 2 aromatic rings. The number of hydrogen-bond donors (Lipinski definition) is 1. The average Bonchev–Trinajstić information content (AvgIpc) is 3.51. The first-order valence-corrected chi connectivity index (χ1v) is 10.8. The Bertz CT molecular complexity index is 1260. The number of rotatable bonds is 3. The summed E-state index contributed by atoms with van der Waals surface area (Å²) in [6.45, 7) is 0.611. The number of imide groups is 1. The number of nitro groups is 1. The van der Waals surface area contributed by atoms with Crippen LogP contribution in [0.1, 0.15) is 18.4 Å². The summed E-state index contributed by atoms with van der Waals surface area (Å²) < 4.78 is 5.33. The highest BCUT2D eigenvalue weighted by Gasteiger charge is 2.74. The van der Waals surface area contributed by atoms with Crippen LogP contribution in [0.3, 0.4) is 0 Å². The number of carbonyl (C=O) groups excluding carboxylic acids is 3. The third-order valence-electron chi connectivity index (χ3n) is 7.51. The second-order valence-corrected chi connectivity index (χ2v) is 8.80. The molecule has 33 heavy (non-hydrogen) atoms. The number of hydrogen-bond acceptors (Lipinski definition) is 7. The van der Waals surface area contributed by atoms with Gasteiger partial charge in [-0.1, -0.05) is 18.2 Å². The van der Waals surface area contributed by atoms with Gasteiger partial charge in [0.05, 0.1) is 23.9 Å². The number of non-ortho nitro benzene ring substituents is 1. The van der Waals surface area contributed by atoms with Crippen molar-refractivity contribution in [1.82, 2.24) is 4.90 Å². The Balaban J connectivity index is 1.55. The number of nitrogens with zero attached hydrogens (tertiary/aromatic N) is 3. The van der Waals surface area contributed by atoms with Crippen LogP contribution in [-0.2, 0) is 19.9 Å². The van der Waals surface area contributed by atoms with Gasteiger partial charge in [-0.25, -0.2) is 4.90 Å². The maximum absolute atomic E-state index is 14.0. The second-order valence-electron chi connectivity index (χ2n) is 8.80. The molecule has 0 radical (unpaired) electrons. The van der Waals surface area contributed by atoms with Crippen LogP contribution < -0.4 is 15.0 Å². The summed E-state index contributed by atoms with van der Waals surface area (Å²) in [5, 5.41) is 14.3. The molecule has 3 amide bonds. The Morgan fingerprint density at radius 1 is 1.15 bits per heavy atom. The van der Waals surface area contributed by atoms with E-state index >= 15 is 0 Å². The summed E-state index contributed by atoms with van der Waals surface area (Å²) in [7, 11) is 1.37. The Morgan fingerprint density at radius 3 is 2.70 bits per heavy atom. The van der Waals surface area contributed by atoms with Crippen molar-refractivity contribution in [3.63, 3.8) is 0 Å². The van der Waals surface area contributed by atoms with Crippen molar-refractivity contribution in [2.24, 2.45) is 11.8 Å². The van der Waals surface area contributed by atoms with Crippen LogP contribution in [0, 0.1) is 22.0 Å². The number of nitro benzene ring substituents is 1. The van der Waals surface area contributed by atoms with Gasteiger partial charge in [0.1, 0.15) is 17.0 Å². The fraction of sp³-hybridized carbons (Fsp3) is 0.348. The Morgan fingerprint density at radius 2 is 1.94 bits per heavy atom. The number of nitrogens with one attached hydrogen (secondary N) is 1. The smallest absolute Gasteiger partial charge is 0.271 e. The summed E-state index contributed by atoms with van der Waals surface area (Å²) in [5.74, 6) is -2.77. The molecule has 168 valence electrons. The summed E-state index contributed by atoms with van der Waals surface area (Å²) >= 11 is 0. The molecule has 0 bridgehead atoms. The monoisotopic (exact) mass is 448 g/mol. The topological polar surface area (TPSA) is 122 Å². The molecule has 10 heteroatoms. The van der Waals surface area contributed by atoms with Gasteiger partial charge in [-0.2, -0.15) is 0 Å². The van der Waals surface area contributed by atoms with Crippen molar-refractivity contribution in [2.45, 2.75) is 24.4 Å². The largest absolute Gasteiger partial charge is 0.495 e. The molecular formula is C23H20N4O6. The number of fused-ring (bicyclic) bond motifs is 7. The van der Waals surface area contributed by atoms with Crippen molar-refractivity contribution < 1.29 is 24.0 Å². The summed E-state index contributed by atoms with van der Waals surface area (Å²) in [6.07, 6.45) is 1.50. The van der Waals surface area contributed by atoms with Crippen LogP contribution in [0.4, 0.5) is 17.1 Å². The van der Waals surface area contributed by atoms with E-state index in [1.54, 1.807) is 6.07 Å². The predicted molar refractivity (Wildman–Crippen MR) is 116 cm³/mol. The number of methoxy groups -OCH3 is 1. The van der Waals surface area contributed by atoms with Crippen molar-refractivity contribution in [2.75, 3.05) is 23.9 Å². The number of carbonyl (C=O) groups is 3. The fourth-order valence-corrected chi connectivity index (χ4v) is 6.36. The van der Waals surface area contributed by atoms with Gasteiger partial charge in [-0.3, -0.25) is 29.4 Å². The Labute approximate surface area is 188 Å². The average molecular weight is 448 g/mol. The lowest BCUT2D eigenvalue weighted by atomic mass is 9.75. The van der Waals surface area contributed by atoms with Crippen LogP contribution in [0.2, 0.25) is 0 Å². The van der Waals surface area contributed by atoms with Gasteiger partial charge >= 0.3 is 0 Å². The molecule has 1 spiro atoms. The quantitative estimate of drug-likeness (QED) is 0.433. The first kappa shape index (κ1) is 19.9. The lowest BCUT2D eigenvalue weighted by Gasteiger charge is -2.36. The maximum atomic E-state index is 14.0. The minimum Gasteiger partial charge on any atom is -0.495 e. The lowest BCUT2D eigenvalue weighted by Crippen LogP contribution is -2.54. The van der Waals surface area contributed by atoms with Crippen molar-refractivity contribution in [3.05, 3.63) is 58.1 Å². The zero-order chi connectivity index (χ0) is 23.1. The van der Waals surface area contributed by atoms with Gasteiger partial charge in [0.25, 0.3) is 5.69 Å². The number of ether oxygens (including phenoxy) is 1. The SMILES string of the molecule is COc1ccc([N+](=O)[O-])cc1N1C(=O)C2C3CCCN3C3(C(=O)Nc4ccccc43)C2C1=O. The molecule has 4 heterocycles. The molecule has 10 nitrogen and oxygen atoms in total. The maximum Gasteiger partial charge on any atom is 0.271 e. The first-order valence-electron chi connectivity index (χ1n) is 10.8. The van der Waals surface area contributed by atoms with E-state index < -0.39 is 34.1 Å². The van der Waals surface area contributed by atoms with Crippen molar-refractivity contribution in [3.8, 4) is 5.75 Å². The van der Waals surface area contributed by atoms with Crippen LogP contribution >= 0.6 is 0 Å². The molecule has 0 saturated carbocycles. The van der Waals surface area contributed by atoms with E-state index in [-0.39, 0.29) is 29.1 Å². The minimum absolute atomic E-state index is 0.0301. The van der Waals surface area contributed by atoms with E-state index in [2.05, 4.69) is 5.32 Å². The highest BCUT2D eigenvalue weighted by atomic mass is 16.6. The van der Waals surface area contributed by atoms with Crippen LogP contribution in [0.25, 0.3) is 0 Å². The van der Waals surface area contributed by atoms with Gasteiger partial charge in [0, 0.05) is 29.4 Å². The normalized spacial score (nSPS) is 29.9. The molecule has 6 rings (SSSR count). The van der Waals surface area contributed by atoms with E-state index in [0.29, 0.717) is 24.2 Å². The second kappa shape index (κ2) is 6.61. The van der Waals surface area contributed by atoms with Gasteiger partial charge in [-0.15, -0.1) is 0 Å². The Hall–Kier alpha value is -3.79. The number of amides is 3. The fourth-order valence-electron chi connectivity index (χ4n) is 6.36. The summed E-state index contributed by atoms with van der Waals surface area (Å²) in [4.78, 5) is 55.1. The summed E-state index contributed by atoms with van der Waals surface area (Å²) in [5.41, 5.74) is -0.173. The third kappa shape index (κ3) is 2.28. The zero-order valence-electron chi connectivity index (χ0n) is 17.7. The summed E-state index contributed by atoms with van der Waals surface area (Å²) in [6, 6.07) is 10.8. The number of para-hydroxylation sites is 1. The van der Waals surface area contributed by atoms with E-state index in [0.717, 1.165) is 11.3 Å². The van der Waals surface area contributed by atoms with Crippen LogP contribution in [-0.4, -0.2) is 47.2 Å². The minimum atomic E-state index is -1.28. The molecular weight excluding hydrogens is 428 g/mol. The van der Waals surface area contributed by atoms with Gasteiger partial charge < -0.3 is 10.1 Å². The van der Waals surface area contributed by atoms with E-state index in [1.165, 1.54) is 25.3 Å². The Kier molecular flexibility index (Phi) is 3.98. The molecule has 0 aromatic heterocycles. The van der Waals surface area contributed by atoms with Crippen molar-refractivity contribution in [1.29, 1.82) is 0 Å². The van der Waals surface area contributed by atoms with Gasteiger partial charge in [0.2, 0.25) is 17.7 Å². The van der Waals surface area contributed by atoms with Crippen LogP contribution in [0.15, 0.2) is 42.5 Å². The van der Waals surface area contributed by atoms with E-state index in [9.17, 15) is 24.5 Å². The molecule has 4 atom stereocenters. The van der Waals surface area contributed by atoms with Gasteiger partial charge in [-0.05, 0) is 31.5 Å². The number of anilines is 2. The third-order valence-corrected chi connectivity index (χ3v) is 7.51. The highest BCUT2D eigenvalue weighted by molar-refractivity contribution is 6.26. The van der Waals surface area contributed by atoms with E-state index in [1.807, 2.05) is 23.1 Å². The molecule has 2 aromatic carbocycles. The molecule has 0 aliphatic carbocycles. The van der Waals surface area contributed by atoms with Gasteiger partial charge in [0.15, 0.2) is 0 Å². The van der Waals surface area contributed by atoms with Crippen molar-refractivity contribution >= 4 is 34.8 Å².